The molecule has 0 aromatic heterocycles. The van der Waals surface area contributed by atoms with Gasteiger partial charge in [0.05, 0.1) is 16.3 Å². The predicted molar refractivity (Wildman–Crippen MR) is 114 cm³/mol. The smallest absolute Gasteiger partial charge is 0.229 e. The van der Waals surface area contributed by atoms with Crippen molar-refractivity contribution >= 4 is 38.9 Å². The molecule has 1 atom stereocenters. The van der Waals surface area contributed by atoms with Crippen LogP contribution in [0.5, 0.6) is 5.75 Å². The summed E-state index contributed by atoms with van der Waals surface area (Å²) in [4.78, 5) is 2.01. The number of hydrogen-bond donors (Lipinski definition) is 2. The molecule has 162 valence electrons. The fourth-order valence-electron chi connectivity index (χ4n) is 2.54. The van der Waals surface area contributed by atoms with Crippen LogP contribution in [-0.4, -0.2) is 57.5 Å². The highest BCUT2D eigenvalue weighted by atomic mass is 35.5. The van der Waals surface area contributed by atoms with Crippen molar-refractivity contribution < 1.29 is 30.7 Å². The highest BCUT2D eigenvalue weighted by molar-refractivity contribution is 7.92. The van der Waals surface area contributed by atoms with E-state index in [4.69, 9.17) is 27.9 Å². The molecule has 0 aliphatic heterocycles. The van der Waals surface area contributed by atoms with Gasteiger partial charge in [-0.3, -0.25) is 4.72 Å². The quantitative estimate of drug-likeness (QED) is 0.509. The summed E-state index contributed by atoms with van der Waals surface area (Å²) < 4.78 is 30.3. The summed E-state index contributed by atoms with van der Waals surface area (Å²) in [7, 11) is -1.39. The van der Waals surface area contributed by atoms with Gasteiger partial charge in [-0.25, -0.2) is 8.42 Å². The van der Waals surface area contributed by atoms with Crippen molar-refractivity contribution in [2.24, 2.45) is 0 Å². The van der Waals surface area contributed by atoms with E-state index in [-0.39, 0.29) is 19.0 Å². The third-order valence-corrected chi connectivity index (χ3v) is 5.23. The summed E-state index contributed by atoms with van der Waals surface area (Å²) in [5.41, 5.74) is 1.53. The molecular formula is C19H24Cl3N2O4S-. The minimum atomic E-state index is -3.31. The highest BCUT2D eigenvalue weighted by Crippen LogP contribution is 2.23. The van der Waals surface area contributed by atoms with Gasteiger partial charge in [-0.15, -0.1) is 0 Å². The predicted octanol–water partition coefficient (Wildman–Crippen LogP) is 0.283. The number of sulfonamides is 1. The minimum absolute atomic E-state index is 0. The number of rotatable bonds is 10. The first-order chi connectivity index (χ1) is 13.1. The Bertz CT molecular complexity index is 880. The van der Waals surface area contributed by atoms with E-state index in [9.17, 15) is 13.5 Å². The molecule has 0 fully saturated rings. The second kappa shape index (κ2) is 11.8. The van der Waals surface area contributed by atoms with Crippen LogP contribution in [0.1, 0.15) is 5.56 Å². The fraction of sp³-hybridized carbons (Fsp3) is 0.368. The van der Waals surface area contributed by atoms with Crippen LogP contribution in [-0.2, 0) is 16.4 Å². The monoisotopic (exact) mass is 481 g/mol. The topological polar surface area (TPSA) is 78.9 Å². The zero-order chi connectivity index (χ0) is 20.7. The largest absolute Gasteiger partial charge is 1.00 e. The van der Waals surface area contributed by atoms with Gasteiger partial charge in [0.2, 0.25) is 10.0 Å². The van der Waals surface area contributed by atoms with Crippen molar-refractivity contribution in [1.82, 2.24) is 4.90 Å². The minimum Gasteiger partial charge on any atom is -1.00 e. The van der Waals surface area contributed by atoms with E-state index < -0.39 is 16.1 Å². The molecule has 0 spiro atoms. The van der Waals surface area contributed by atoms with Gasteiger partial charge in [0, 0.05) is 18.8 Å². The van der Waals surface area contributed by atoms with Crippen LogP contribution in [0.2, 0.25) is 10.0 Å². The van der Waals surface area contributed by atoms with E-state index >= 15 is 0 Å². The zero-order valence-electron chi connectivity index (χ0n) is 16.1. The number of aliphatic hydroxyl groups is 1. The molecule has 0 saturated heterocycles. The van der Waals surface area contributed by atoms with Crippen molar-refractivity contribution in [2.45, 2.75) is 12.5 Å². The number of nitrogens with zero attached hydrogens (tertiary/aromatic N) is 1. The van der Waals surface area contributed by atoms with E-state index in [0.29, 0.717) is 28.0 Å². The van der Waals surface area contributed by atoms with Gasteiger partial charge < -0.3 is 27.2 Å². The normalized spacial score (nSPS) is 12.3. The molecule has 2 aromatic carbocycles. The summed E-state index contributed by atoms with van der Waals surface area (Å²) in [5, 5.41) is 11.2. The van der Waals surface area contributed by atoms with Crippen LogP contribution < -0.4 is 21.9 Å². The van der Waals surface area contributed by atoms with Crippen molar-refractivity contribution in [1.29, 1.82) is 0 Å². The SMILES string of the molecule is CN(CCc1ccc(Cl)c(Cl)c1)CC(O)COc1ccc(NS(C)(=O)=O)cc1.[Cl-]. The maximum atomic E-state index is 11.2. The number of anilines is 1. The molecule has 0 heterocycles. The maximum Gasteiger partial charge on any atom is 0.229 e. The van der Waals surface area contributed by atoms with Crippen LogP contribution in [0.4, 0.5) is 5.69 Å². The summed E-state index contributed by atoms with van der Waals surface area (Å²) in [6.07, 6.45) is 1.22. The lowest BCUT2D eigenvalue weighted by atomic mass is 10.1. The first kappa shape index (κ1) is 25.8. The highest BCUT2D eigenvalue weighted by Gasteiger charge is 2.10. The Morgan fingerprint density at radius 3 is 2.38 bits per heavy atom. The molecule has 10 heteroatoms. The summed E-state index contributed by atoms with van der Waals surface area (Å²) >= 11 is 11.9. The van der Waals surface area contributed by atoms with Crippen LogP contribution >= 0.6 is 23.2 Å². The van der Waals surface area contributed by atoms with Crippen molar-refractivity contribution in [3.63, 3.8) is 0 Å². The third-order valence-electron chi connectivity index (χ3n) is 3.89. The zero-order valence-corrected chi connectivity index (χ0v) is 19.2. The van der Waals surface area contributed by atoms with Crippen molar-refractivity contribution in [3.05, 3.63) is 58.1 Å². The Morgan fingerprint density at radius 2 is 1.79 bits per heavy atom. The number of halogens is 3. The van der Waals surface area contributed by atoms with Crippen molar-refractivity contribution in [2.75, 3.05) is 37.7 Å². The number of hydrogen-bond acceptors (Lipinski definition) is 5. The molecule has 1 unspecified atom stereocenters. The molecule has 2 aromatic rings. The number of likely N-dealkylation sites (N-methyl/N-ethyl adjacent to an activating group) is 1. The Labute approximate surface area is 188 Å². The molecule has 6 nitrogen and oxygen atoms in total. The van der Waals surface area contributed by atoms with Crippen LogP contribution in [0.25, 0.3) is 0 Å². The van der Waals surface area contributed by atoms with E-state index in [0.717, 1.165) is 24.8 Å². The Balaban J connectivity index is 0.00000420. The molecule has 0 bridgehead atoms. The van der Waals surface area contributed by atoms with Crippen molar-refractivity contribution in [3.8, 4) is 5.75 Å². The first-order valence-corrected chi connectivity index (χ1v) is 11.3. The molecule has 0 saturated carbocycles. The van der Waals surface area contributed by atoms with Gasteiger partial charge in [-0.1, -0.05) is 29.3 Å². The van der Waals surface area contributed by atoms with E-state index in [2.05, 4.69) is 4.72 Å². The molecule has 29 heavy (non-hydrogen) atoms. The van der Waals surface area contributed by atoms with Crippen LogP contribution in [0, 0.1) is 0 Å². The molecule has 0 aliphatic carbocycles. The van der Waals surface area contributed by atoms with Crippen LogP contribution in [0.3, 0.4) is 0 Å². The average Bonchev–Trinajstić information content (AvgIpc) is 2.61. The van der Waals surface area contributed by atoms with Gasteiger partial charge in [0.25, 0.3) is 0 Å². The van der Waals surface area contributed by atoms with Crippen LogP contribution in [0.15, 0.2) is 42.5 Å². The number of aliphatic hydroxyl groups excluding tert-OH is 1. The summed E-state index contributed by atoms with van der Waals surface area (Å²) in [5.74, 6) is 0.552. The Hall–Kier alpha value is -1.22. The molecule has 2 N–H and O–H groups in total. The third kappa shape index (κ3) is 9.89. The second-order valence-electron chi connectivity index (χ2n) is 6.62. The second-order valence-corrected chi connectivity index (χ2v) is 9.19. The van der Waals surface area contributed by atoms with Gasteiger partial charge in [-0.05, 0) is 55.4 Å². The van der Waals surface area contributed by atoms with Gasteiger partial charge in [-0.2, -0.15) is 0 Å². The maximum absolute atomic E-state index is 11.2. The Morgan fingerprint density at radius 1 is 1.14 bits per heavy atom. The lowest BCUT2D eigenvalue weighted by molar-refractivity contribution is -0.0000104. The fourth-order valence-corrected chi connectivity index (χ4v) is 3.43. The number of ether oxygens (including phenoxy) is 1. The molecule has 0 radical (unpaired) electrons. The van der Waals surface area contributed by atoms with Gasteiger partial charge in [0.1, 0.15) is 18.5 Å². The Kier molecular flexibility index (Phi) is 10.5. The van der Waals surface area contributed by atoms with E-state index in [1.54, 1.807) is 30.3 Å². The molecular weight excluding hydrogens is 459 g/mol. The van der Waals surface area contributed by atoms with E-state index in [1.165, 1.54) is 0 Å². The molecule has 2 rings (SSSR count). The summed E-state index contributed by atoms with van der Waals surface area (Å²) in [6.45, 7) is 1.34. The van der Waals surface area contributed by atoms with Gasteiger partial charge in [0.15, 0.2) is 0 Å². The molecule has 0 amide bonds. The lowest BCUT2D eigenvalue weighted by Crippen LogP contribution is -3.00. The van der Waals surface area contributed by atoms with E-state index in [1.807, 2.05) is 24.1 Å². The first-order valence-electron chi connectivity index (χ1n) is 8.63. The standard InChI is InChI=1S/C19H24Cl2N2O4S.ClH/c1-23(10-9-14-3-8-18(20)19(21)11-14)12-16(24)13-27-17-6-4-15(5-7-17)22-28(2,25)26;/h3-8,11,16,22,24H,9-10,12-13H2,1-2H3;1H/p-1. The van der Waals surface area contributed by atoms with Gasteiger partial charge >= 0.3 is 0 Å². The number of nitrogens with one attached hydrogen (secondary N) is 1. The average molecular weight is 483 g/mol. The molecule has 0 aliphatic rings. The summed E-state index contributed by atoms with van der Waals surface area (Å²) in [6, 6.07) is 12.1. The lowest BCUT2D eigenvalue weighted by Gasteiger charge is -2.21. The number of benzene rings is 2.